The minimum Gasteiger partial charge on any atom is -0.506 e. The van der Waals surface area contributed by atoms with Crippen LogP contribution < -0.4 is 4.72 Å². The van der Waals surface area contributed by atoms with Crippen LogP contribution in [0.25, 0.3) is 0 Å². The molecule has 0 saturated carbocycles. The van der Waals surface area contributed by atoms with Crippen LogP contribution in [0.2, 0.25) is 5.02 Å². The molecule has 0 aliphatic rings. The third-order valence-corrected chi connectivity index (χ3v) is 3.30. The number of halogens is 1. The van der Waals surface area contributed by atoms with Gasteiger partial charge in [-0.2, -0.15) is 0 Å². The van der Waals surface area contributed by atoms with Gasteiger partial charge in [-0.3, -0.25) is 9.52 Å². The van der Waals surface area contributed by atoms with Gasteiger partial charge in [0.25, 0.3) is 0 Å². The Kier molecular flexibility index (Phi) is 4.80. The second kappa shape index (κ2) is 5.92. The minimum atomic E-state index is -3.85. The van der Waals surface area contributed by atoms with Crippen LogP contribution in [0.5, 0.6) is 5.75 Å². The predicted octanol–water partition coefficient (Wildman–Crippen LogP) is 1.35. The monoisotopic (exact) mass is 293 g/mol. The van der Waals surface area contributed by atoms with E-state index in [1.165, 1.54) is 18.2 Å². The lowest BCUT2D eigenvalue weighted by Gasteiger charge is -2.08. The highest BCUT2D eigenvalue weighted by molar-refractivity contribution is 7.93. The number of aromatic hydroxyl groups is 1. The first kappa shape index (κ1) is 14.6. The minimum absolute atomic E-state index is 0.00587. The van der Waals surface area contributed by atoms with Crippen LogP contribution in [-0.4, -0.2) is 31.9 Å². The summed E-state index contributed by atoms with van der Waals surface area (Å²) >= 11 is 5.62. The molecular weight excluding hydrogens is 282 g/mol. The maximum atomic E-state index is 11.6. The molecule has 0 aliphatic carbocycles. The van der Waals surface area contributed by atoms with Crippen LogP contribution in [0.3, 0.4) is 0 Å². The lowest BCUT2D eigenvalue weighted by Crippen LogP contribution is -2.24. The highest BCUT2D eigenvalue weighted by Crippen LogP contribution is 2.26. The van der Waals surface area contributed by atoms with E-state index in [4.69, 9.17) is 11.6 Å². The van der Waals surface area contributed by atoms with E-state index in [0.29, 0.717) is 0 Å². The Labute approximate surface area is 110 Å². The molecule has 0 aromatic heterocycles. The van der Waals surface area contributed by atoms with Gasteiger partial charge in [0, 0.05) is 0 Å². The van der Waals surface area contributed by atoms with Gasteiger partial charge in [-0.15, -0.1) is 0 Å². The summed E-state index contributed by atoms with van der Waals surface area (Å²) in [7, 11) is -3.85. The highest BCUT2D eigenvalue weighted by Gasteiger charge is 2.17. The molecule has 0 aliphatic heterocycles. The molecule has 8 heteroatoms. The summed E-state index contributed by atoms with van der Waals surface area (Å²) < 4.78 is 29.8. The Morgan fingerprint density at radius 1 is 1.50 bits per heavy atom. The average Bonchev–Trinajstić information content (AvgIpc) is 2.22. The molecule has 1 aromatic rings. The van der Waals surface area contributed by atoms with E-state index in [1.54, 1.807) is 6.92 Å². The van der Waals surface area contributed by atoms with Crippen molar-refractivity contribution in [1.82, 2.24) is 0 Å². The van der Waals surface area contributed by atoms with Gasteiger partial charge in [-0.05, 0) is 25.1 Å². The van der Waals surface area contributed by atoms with E-state index in [1.807, 2.05) is 0 Å². The molecule has 1 aromatic carbocycles. The average molecular weight is 294 g/mol. The number of ether oxygens (including phenoxy) is 1. The van der Waals surface area contributed by atoms with E-state index in [-0.39, 0.29) is 23.1 Å². The Morgan fingerprint density at radius 2 is 2.17 bits per heavy atom. The molecule has 0 heterocycles. The fourth-order valence-electron chi connectivity index (χ4n) is 1.14. The molecule has 100 valence electrons. The number of esters is 1. The van der Waals surface area contributed by atoms with Crippen LogP contribution in [0.4, 0.5) is 5.69 Å². The molecule has 1 rings (SSSR count). The summed E-state index contributed by atoms with van der Waals surface area (Å²) in [6.45, 7) is 1.69. The molecule has 18 heavy (non-hydrogen) atoms. The zero-order valence-electron chi connectivity index (χ0n) is 9.51. The molecule has 0 fully saturated rings. The molecule has 6 nitrogen and oxygen atoms in total. The van der Waals surface area contributed by atoms with E-state index in [0.717, 1.165) is 0 Å². The van der Waals surface area contributed by atoms with Gasteiger partial charge in [0.15, 0.2) is 5.75 Å². The SMILES string of the molecule is CCOC(=O)CS(=O)(=O)Nc1ccc(O)c(Cl)c1. The standard InChI is InChI=1S/C10H12ClNO5S/c1-2-17-10(14)6-18(15,16)12-7-3-4-9(13)8(11)5-7/h3-5,12-13H,2,6H2,1H3. The topological polar surface area (TPSA) is 92.7 Å². The Bertz CT molecular complexity index is 543. The van der Waals surface area contributed by atoms with E-state index in [9.17, 15) is 18.3 Å². The third-order valence-electron chi connectivity index (χ3n) is 1.83. The van der Waals surface area contributed by atoms with Crippen molar-refractivity contribution < 1.29 is 23.1 Å². The lowest BCUT2D eigenvalue weighted by molar-refractivity contribution is -0.139. The first-order valence-electron chi connectivity index (χ1n) is 4.98. The molecule has 0 unspecified atom stereocenters. The molecule has 0 bridgehead atoms. The fraction of sp³-hybridized carbons (Fsp3) is 0.300. The zero-order chi connectivity index (χ0) is 13.8. The largest absolute Gasteiger partial charge is 0.506 e. The van der Waals surface area contributed by atoms with Gasteiger partial charge in [-0.25, -0.2) is 8.42 Å². The van der Waals surface area contributed by atoms with Crippen molar-refractivity contribution in [2.24, 2.45) is 0 Å². The first-order valence-corrected chi connectivity index (χ1v) is 7.01. The van der Waals surface area contributed by atoms with Gasteiger partial charge < -0.3 is 9.84 Å². The number of sulfonamides is 1. The Morgan fingerprint density at radius 3 is 2.72 bits per heavy atom. The van der Waals surface area contributed by atoms with Crippen molar-refractivity contribution in [3.8, 4) is 5.75 Å². The maximum Gasteiger partial charge on any atom is 0.323 e. The summed E-state index contributed by atoms with van der Waals surface area (Å²) in [6.07, 6.45) is 0. The van der Waals surface area contributed by atoms with Crippen LogP contribution in [0.1, 0.15) is 6.92 Å². The van der Waals surface area contributed by atoms with Crippen LogP contribution in [-0.2, 0) is 19.6 Å². The quantitative estimate of drug-likeness (QED) is 0.631. The Balaban J connectivity index is 2.76. The van der Waals surface area contributed by atoms with Crippen molar-refractivity contribution in [1.29, 1.82) is 0 Å². The van der Waals surface area contributed by atoms with Crippen LogP contribution in [0, 0.1) is 0 Å². The smallest absolute Gasteiger partial charge is 0.323 e. The first-order chi connectivity index (χ1) is 8.34. The summed E-state index contributed by atoms with van der Waals surface area (Å²) in [5, 5.41) is 9.18. The summed E-state index contributed by atoms with van der Waals surface area (Å²) in [5.41, 5.74) is 0.155. The van der Waals surface area contributed by atoms with Gasteiger partial charge in [-0.1, -0.05) is 11.6 Å². The predicted molar refractivity (Wildman–Crippen MR) is 67.2 cm³/mol. The molecule has 0 atom stereocenters. The number of carbonyl (C=O) groups excluding carboxylic acids is 1. The van der Waals surface area contributed by atoms with E-state index >= 15 is 0 Å². The van der Waals surface area contributed by atoms with Crippen LogP contribution >= 0.6 is 11.6 Å². The highest BCUT2D eigenvalue weighted by atomic mass is 35.5. The lowest BCUT2D eigenvalue weighted by atomic mass is 10.3. The van der Waals surface area contributed by atoms with Gasteiger partial charge in [0.1, 0.15) is 5.75 Å². The van der Waals surface area contributed by atoms with Crippen molar-refractivity contribution >= 4 is 33.3 Å². The molecule has 0 spiro atoms. The Hall–Kier alpha value is -1.47. The molecular formula is C10H12ClNO5S. The fourth-order valence-corrected chi connectivity index (χ4v) is 2.28. The number of hydrogen-bond donors (Lipinski definition) is 2. The van der Waals surface area contributed by atoms with Crippen molar-refractivity contribution in [2.75, 3.05) is 17.1 Å². The number of hydrogen-bond acceptors (Lipinski definition) is 5. The maximum absolute atomic E-state index is 11.6. The van der Waals surface area contributed by atoms with Crippen molar-refractivity contribution in [2.45, 2.75) is 6.92 Å². The van der Waals surface area contributed by atoms with Crippen molar-refractivity contribution in [3.05, 3.63) is 23.2 Å². The molecule has 0 amide bonds. The normalized spacial score (nSPS) is 11.0. The number of benzene rings is 1. The zero-order valence-corrected chi connectivity index (χ0v) is 11.1. The number of phenols is 1. The summed E-state index contributed by atoms with van der Waals surface area (Å²) in [4.78, 5) is 11.1. The summed E-state index contributed by atoms with van der Waals surface area (Å²) in [6, 6.07) is 3.80. The number of phenolic OH excluding ortho intramolecular Hbond substituents is 1. The number of nitrogens with one attached hydrogen (secondary N) is 1. The van der Waals surface area contributed by atoms with Gasteiger partial charge >= 0.3 is 5.97 Å². The van der Waals surface area contributed by atoms with Crippen LogP contribution in [0.15, 0.2) is 18.2 Å². The second-order valence-electron chi connectivity index (χ2n) is 3.33. The molecule has 0 radical (unpaired) electrons. The number of anilines is 1. The van der Waals surface area contributed by atoms with E-state index in [2.05, 4.69) is 9.46 Å². The van der Waals surface area contributed by atoms with Gasteiger partial charge in [0.05, 0.1) is 17.3 Å². The van der Waals surface area contributed by atoms with Gasteiger partial charge in [0.2, 0.25) is 10.0 Å². The summed E-state index contributed by atoms with van der Waals surface area (Å²) in [5.74, 6) is -1.78. The van der Waals surface area contributed by atoms with Crippen molar-refractivity contribution in [3.63, 3.8) is 0 Å². The second-order valence-corrected chi connectivity index (χ2v) is 5.46. The third kappa shape index (κ3) is 4.42. The number of rotatable bonds is 5. The number of carbonyl (C=O) groups is 1. The molecule has 0 saturated heterocycles. The van der Waals surface area contributed by atoms with E-state index < -0.39 is 21.7 Å². The molecule has 2 N–H and O–H groups in total.